The number of nitrogens with one attached hydrogen (secondary N) is 2. The number of aromatic nitrogens is 1. The Morgan fingerprint density at radius 2 is 2.31 bits per heavy atom. The predicted molar refractivity (Wildman–Crippen MR) is 110 cm³/mol. The Labute approximate surface area is 162 Å². The lowest BCUT2D eigenvalue weighted by Gasteiger charge is -2.44. The van der Waals surface area contributed by atoms with Gasteiger partial charge in [0, 0.05) is 11.6 Å². The molecule has 26 heavy (non-hydrogen) atoms. The van der Waals surface area contributed by atoms with Crippen molar-refractivity contribution in [2.24, 2.45) is 0 Å². The minimum absolute atomic E-state index is 0.0468. The van der Waals surface area contributed by atoms with Crippen LogP contribution in [0.3, 0.4) is 0 Å². The van der Waals surface area contributed by atoms with E-state index in [1.165, 1.54) is 11.3 Å². The molecular weight excluding hydrogens is 368 g/mol. The molecule has 1 aliphatic heterocycles. The van der Waals surface area contributed by atoms with Crippen LogP contribution in [-0.4, -0.2) is 45.6 Å². The molecule has 1 unspecified atom stereocenters. The summed E-state index contributed by atoms with van der Waals surface area (Å²) in [7, 11) is 0. The molecule has 2 N–H and O–H groups in total. The zero-order valence-electron chi connectivity index (χ0n) is 15.5. The third-order valence-electron chi connectivity index (χ3n) is 4.28. The van der Waals surface area contributed by atoms with Crippen LogP contribution in [0.4, 0.5) is 5.13 Å². The highest BCUT2D eigenvalue weighted by Gasteiger charge is 2.34. The number of benzene rings is 1. The van der Waals surface area contributed by atoms with Gasteiger partial charge in [0.15, 0.2) is 10.2 Å². The third-order valence-corrected chi connectivity index (χ3v) is 5.55. The molecule has 1 amide bonds. The van der Waals surface area contributed by atoms with Crippen LogP contribution in [0, 0.1) is 0 Å². The van der Waals surface area contributed by atoms with E-state index in [1.807, 2.05) is 30.0 Å². The molecule has 0 radical (unpaired) electrons. The Morgan fingerprint density at radius 3 is 3.00 bits per heavy atom. The number of carbonyl (C=O) groups excluding carboxylic acids is 1. The van der Waals surface area contributed by atoms with Crippen LogP contribution >= 0.6 is 23.6 Å². The second-order valence-corrected chi connectivity index (χ2v) is 8.54. The minimum atomic E-state index is -0.121. The van der Waals surface area contributed by atoms with E-state index in [9.17, 15) is 4.79 Å². The number of thiocarbonyl (C=S) groups is 1. The van der Waals surface area contributed by atoms with Gasteiger partial charge in [-0.25, -0.2) is 4.98 Å². The van der Waals surface area contributed by atoms with Gasteiger partial charge in [0.05, 0.1) is 23.4 Å². The molecule has 0 saturated carbocycles. The number of rotatable bonds is 5. The van der Waals surface area contributed by atoms with Crippen LogP contribution in [0.25, 0.3) is 10.2 Å². The van der Waals surface area contributed by atoms with Gasteiger partial charge in [0.25, 0.3) is 0 Å². The number of hydrogen-bond donors (Lipinski definition) is 2. The maximum absolute atomic E-state index is 12.5. The smallest absolute Gasteiger partial charge is 0.245 e. The average molecular weight is 393 g/mol. The number of hydrogen-bond acceptors (Lipinski definition) is 5. The van der Waals surface area contributed by atoms with Crippen molar-refractivity contribution in [3.05, 3.63) is 18.2 Å². The Balaban J connectivity index is 1.66. The van der Waals surface area contributed by atoms with Crippen LogP contribution in [0.15, 0.2) is 18.2 Å². The van der Waals surface area contributed by atoms with Gasteiger partial charge in [-0.2, -0.15) is 0 Å². The molecule has 1 aromatic heterocycles. The summed E-state index contributed by atoms with van der Waals surface area (Å²) >= 11 is 6.87. The van der Waals surface area contributed by atoms with Gasteiger partial charge in [-0.05, 0) is 64.5 Å². The number of amides is 1. The Bertz CT molecular complexity index is 834. The molecule has 3 rings (SSSR count). The second-order valence-electron chi connectivity index (χ2n) is 7.12. The molecule has 2 heterocycles. The van der Waals surface area contributed by atoms with Gasteiger partial charge in [0.2, 0.25) is 5.91 Å². The zero-order valence-corrected chi connectivity index (χ0v) is 17.1. The molecule has 1 aromatic carbocycles. The van der Waals surface area contributed by atoms with Crippen molar-refractivity contribution in [1.29, 1.82) is 0 Å². The SMILES string of the molecule is CCOc1ccc2nc(NC(=O)CN3C(=S)NC(C)(C)CC3C)sc2c1. The fourth-order valence-corrected chi connectivity index (χ4v) is 4.65. The first-order chi connectivity index (χ1) is 12.3. The molecule has 1 atom stereocenters. The van der Waals surface area contributed by atoms with Crippen molar-refractivity contribution in [2.75, 3.05) is 18.5 Å². The van der Waals surface area contributed by atoms with E-state index in [1.54, 1.807) is 0 Å². The molecule has 0 aliphatic carbocycles. The molecule has 1 aliphatic rings. The number of ether oxygens (including phenoxy) is 1. The average Bonchev–Trinajstić information content (AvgIpc) is 2.91. The second kappa shape index (κ2) is 7.36. The van der Waals surface area contributed by atoms with E-state index < -0.39 is 0 Å². The first-order valence-corrected chi connectivity index (χ1v) is 9.92. The molecule has 0 bridgehead atoms. The molecule has 1 saturated heterocycles. The molecule has 8 heteroatoms. The van der Waals surface area contributed by atoms with Crippen molar-refractivity contribution in [2.45, 2.75) is 45.7 Å². The molecule has 6 nitrogen and oxygen atoms in total. The Hall–Kier alpha value is -1.93. The minimum Gasteiger partial charge on any atom is -0.494 e. The van der Waals surface area contributed by atoms with Crippen molar-refractivity contribution in [3.63, 3.8) is 0 Å². The summed E-state index contributed by atoms with van der Waals surface area (Å²) in [5.41, 5.74) is 0.799. The highest BCUT2D eigenvalue weighted by Crippen LogP contribution is 2.29. The lowest BCUT2D eigenvalue weighted by molar-refractivity contribution is -0.117. The van der Waals surface area contributed by atoms with Crippen LogP contribution < -0.4 is 15.4 Å². The quantitative estimate of drug-likeness (QED) is 0.761. The summed E-state index contributed by atoms with van der Waals surface area (Å²) in [5.74, 6) is 0.687. The number of anilines is 1. The van der Waals surface area contributed by atoms with Crippen molar-refractivity contribution in [3.8, 4) is 5.75 Å². The van der Waals surface area contributed by atoms with Gasteiger partial charge in [0.1, 0.15) is 5.75 Å². The molecular formula is C18H24N4O2S2. The summed E-state index contributed by atoms with van der Waals surface area (Å²) in [6.45, 7) is 9.10. The van der Waals surface area contributed by atoms with Crippen LogP contribution in [-0.2, 0) is 4.79 Å². The van der Waals surface area contributed by atoms with E-state index in [-0.39, 0.29) is 24.0 Å². The standard InChI is InChI=1S/C18H24N4O2S2/c1-5-24-12-6-7-13-14(8-12)26-16(19-13)20-15(23)10-22-11(2)9-18(3,4)21-17(22)25/h6-8,11H,5,9-10H2,1-4H3,(H,21,25)(H,19,20,23). The van der Waals surface area contributed by atoms with Crippen LogP contribution in [0.1, 0.15) is 34.1 Å². The largest absolute Gasteiger partial charge is 0.494 e. The fraction of sp³-hybridized carbons (Fsp3) is 0.500. The Kier molecular flexibility index (Phi) is 5.34. The number of nitrogens with zero attached hydrogens (tertiary/aromatic N) is 2. The van der Waals surface area contributed by atoms with Crippen LogP contribution in [0.2, 0.25) is 0 Å². The summed E-state index contributed by atoms with van der Waals surface area (Å²) in [4.78, 5) is 18.9. The summed E-state index contributed by atoms with van der Waals surface area (Å²) in [6, 6.07) is 5.94. The number of thiazole rings is 1. The van der Waals surface area contributed by atoms with Crippen molar-refractivity contribution >= 4 is 49.9 Å². The van der Waals surface area contributed by atoms with Crippen molar-refractivity contribution < 1.29 is 9.53 Å². The van der Waals surface area contributed by atoms with Gasteiger partial charge in [-0.15, -0.1) is 0 Å². The van der Waals surface area contributed by atoms with E-state index >= 15 is 0 Å². The fourth-order valence-electron chi connectivity index (χ4n) is 3.22. The molecule has 1 fully saturated rings. The first-order valence-electron chi connectivity index (χ1n) is 8.69. The van der Waals surface area contributed by atoms with E-state index in [0.717, 1.165) is 22.4 Å². The van der Waals surface area contributed by atoms with E-state index in [2.05, 4.69) is 36.4 Å². The third kappa shape index (κ3) is 4.24. The lowest BCUT2D eigenvalue weighted by atomic mass is 9.93. The lowest BCUT2D eigenvalue weighted by Crippen LogP contribution is -2.61. The normalized spacial score (nSPS) is 19.3. The highest BCUT2D eigenvalue weighted by atomic mass is 32.1. The maximum atomic E-state index is 12.5. The van der Waals surface area contributed by atoms with E-state index in [4.69, 9.17) is 17.0 Å². The van der Waals surface area contributed by atoms with Gasteiger partial charge >= 0.3 is 0 Å². The predicted octanol–water partition coefficient (Wildman–Crippen LogP) is 3.38. The monoisotopic (exact) mass is 392 g/mol. The van der Waals surface area contributed by atoms with Crippen molar-refractivity contribution in [1.82, 2.24) is 15.2 Å². The van der Waals surface area contributed by atoms with Gasteiger partial charge < -0.3 is 20.3 Å². The Morgan fingerprint density at radius 1 is 1.54 bits per heavy atom. The summed E-state index contributed by atoms with van der Waals surface area (Å²) in [5, 5.41) is 7.39. The summed E-state index contributed by atoms with van der Waals surface area (Å²) in [6.07, 6.45) is 0.918. The molecule has 2 aromatic rings. The molecule has 140 valence electrons. The first kappa shape index (κ1) is 18.8. The summed E-state index contributed by atoms with van der Waals surface area (Å²) < 4.78 is 6.49. The van der Waals surface area contributed by atoms with Gasteiger partial charge in [-0.1, -0.05) is 11.3 Å². The zero-order chi connectivity index (χ0) is 18.9. The van der Waals surface area contributed by atoms with E-state index in [0.29, 0.717) is 16.9 Å². The van der Waals surface area contributed by atoms with Crippen LogP contribution in [0.5, 0.6) is 5.75 Å². The topological polar surface area (TPSA) is 66.5 Å². The number of fused-ring (bicyclic) bond motifs is 1. The maximum Gasteiger partial charge on any atom is 0.245 e. The number of carbonyl (C=O) groups is 1. The molecule has 0 spiro atoms. The van der Waals surface area contributed by atoms with Gasteiger partial charge in [-0.3, -0.25) is 4.79 Å². The highest BCUT2D eigenvalue weighted by molar-refractivity contribution is 7.80.